The highest BCUT2D eigenvalue weighted by atomic mass is 16.1. The Hall–Kier alpha value is -1.36. The molecule has 1 aromatic heterocycles. The lowest BCUT2D eigenvalue weighted by Crippen LogP contribution is -2.47. The Morgan fingerprint density at radius 3 is 2.43 bits per heavy atom. The van der Waals surface area contributed by atoms with Crippen LogP contribution in [0.1, 0.15) is 44.4 Å². The minimum atomic E-state index is 0.0477. The van der Waals surface area contributed by atoms with Crippen LogP contribution in [0.3, 0.4) is 0 Å². The molecule has 118 valence electrons. The first-order valence-electron chi connectivity index (χ1n) is 8.22. The quantitative estimate of drug-likeness (QED) is 0.814. The van der Waals surface area contributed by atoms with E-state index in [1.54, 1.807) is 0 Å². The third-order valence-corrected chi connectivity index (χ3v) is 4.36. The monoisotopic (exact) mass is 292 g/mol. The van der Waals surface area contributed by atoms with Crippen molar-refractivity contribution in [1.29, 1.82) is 0 Å². The molecule has 0 radical (unpaired) electrons. The van der Waals surface area contributed by atoms with Gasteiger partial charge in [-0.25, -0.2) is 4.98 Å². The van der Waals surface area contributed by atoms with Gasteiger partial charge in [-0.2, -0.15) is 0 Å². The molecule has 1 saturated heterocycles. The average Bonchev–Trinajstić information content (AvgIpc) is 2.50. The SMILES string of the molecule is CCCCCc1c(C)nc(N2CCN(CC)CC2)[nH]c1=O. The Kier molecular flexibility index (Phi) is 5.79. The summed E-state index contributed by atoms with van der Waals surface area (Å²) in [6, 6.07) is 0. The molecule has 21 heavy (non-hydrogen) atoms. The van der Waals surface area contributed by atoms with Crippen LogP contribution in [-0.4, -0.2) is 47.6 Å². The molecule has 2 heterocycles. The maximum absolute atomic E-state index is 12.3. The first-order chi connectivity index (χ1) is 10.2. The van der Waals surface area contributed by atoms with Gasteiger partial charge in [-0.1, -0.05) is 26.7 Å². The molecule has 0 aliphatic carbocycles. The molecule has 1 N–H and O–H groups in total. The van der Waals surface area contributed by atoms with Gasteiger partial charge >= 0.3 is 0 Å². The topological polar surface area (TPSA) is 52.2 Å². The van der Waals surface area contributed by atoms with Crippen molar-refractivity contribution in [3.63, 3.8) is 0 Å². The number of piperazine rings is 1. The van der Waals surface area contributed by atoms with Crippen molar-refractivity contribution in [3.05, 3.63) is 21.6 Å². The van der Waals surface area contributed by atoms with Crippen LogP contribution in [0.4, 0.5) is 5.95 Å². The van der Waals surface area contributed by atoms with Crippen LogP contribution in [0.2, 0.25) is 0 Å². The van der Waals surface area contributed by atoms with Gasteiger partial charge in [-0.3, -0.25) is 9.78 Å². The zero-order valence-electron chi connectivity index (χ0n) is 13.6. The molecule has 0 amide bonds. The van der Waals surface area contributed by atoms with Gasteiger partial charge in [0.1, 0.15) is 0 Å². The number of hydrogen-bond acceptors (Lipinski definition) is 4. The van der Waals surface area contributed by atoms with Crippen molar-refractivity contribution in [2.24, 2.45) is 0 Å². The summed E-state index contributed by atoms with van der Waals surface area (Å²) in [5.74, 6) is 0.743. The molecule has 5 heteroatoms. The van der Waals surface area contributed by atoms with E-state index in [4.69, 9.17) is 0 Å². The molecule has 1 aromatic rings. The van der Waals surface area contributed by atoms with Crippen molar-refractivity contribution in [1.82, 2.24) is 14.9 Å². The minimum Gasteiger partial charge on any atom is -0.340 e. The number of nitrogens with one attached hydrogen (secondary N) is 1. The number of likely N-dealkylation sites (N-methyl/N-ethyl adjacent to an activating group) is 1. The van der Waals surface area contributed by atoms with E-state index in [0.29, 0.717) is 0 Å². The van der Waals surface area contributed by atoms with E-state index in [1.165, 1.54) is 12.8 Å². The fourth-order valence-corrected chi connectivity index (χ4v) is 2.87. The average molecular weight is 292 g/mol. The molecule has 0 bridgehead atoms. The zero-order chi connectivity index (χ0) is 15.2. The summed E-state index contributed by atoms with van der Waals surface area (Å²) in [7, 11) is 0. The fraction of sp³-hybridized carbons (Fsp3) is 0.750. The summed E-state index contributed by atoms with van der Waals surface area (Å²) in [4.78, 5) is 24.5. The lowest BCUT2D eigenvalue weighted by atomic mass is 10.1. The van der Waals surface area contributed by atoms with Gasteiger partial charge in [0.05, 0.1) is 0 Å². The maximum Gasteiger partial charge on any atom is 0.255 e. The number of aromatic amines is 1. The van der Waals surface area contributed by atoms with Gasteiger partial charge in [0.25, 0.3) is 5.56 Å². The molecule has 0 aromatic carbocycles. The van der Waals surface area contributed by atoms with Crippen LogP contribution >= 0.6 is 0 Å². The highest BCUT2D eigenvalue weighted by molar-refractivity contribution is 5.33. The third-order valence-electron chi connectivity index (χ3n) is 4.36. The summed E-state index contributed by atoms with van der Waals surface area (Å²) in [5.41, 5.74) is 1.80. The lowest BCUT2D eigenvalue weighted by molar-refractivity contribution is 0.269. The number of nitrogens with zero attached hydrogens (tertiary/aromatic N) is 3. The minimum absolute atomic E-state index is 0.0477. The fourth-order valence-electron chi connectivity index (χ4n) is 2.87. The number of unbranched alkanes of at least 4 members (excludes halogenated alkanes) is 2. The second-order valence-electron chi connectivity index (χ2n) is 5.83. The normalized spacial score (nSPS) is 16.4. The third kappa shape index (κ3) is 4.06. The molecule has 0 atom stereocenters. The number of hydrogen-bond donors (Lipinski definition) is 1. The van der Waals surface area contributed by atoms with E-state index < -0.39 is 0 Å². The number of aryl methyl sites for hydroxylation is 1. The van der Waals surface area contributed by atoms with Gasteiger partial charge in [0.15, 0.2) is 0 Å². The van der Waals surface area contributed by atoms with E-state index in [-0.39, 0.29) is 5.56 Å². The summed E-state index contributed by atoms with van der Waals surface area (Å²) >= 11 is 0. The molecular formula is C16H28N4O. The van der Waals surface area contributed by atoms with Gasteiger partial charge in [0, 0.05) is 37.4 Å². The van der Waals surface area contributed by atoms with Crippen LogP contribution in [0.25, 0.3) is 0 Å². The summed E-state index contributed by atoms with van der Waals surface area (Å²) in [6.07, 6.45) is 4.24. The van der Waals surface area contributed by atoms with E-state index in [9.17, 15) is 4.79 Å². The molecule has 1 aliphatic heterocycles. The number of anilines is 1. The Morgan fingerprint density at radius 2 is 1.86 bits per heavy atom. The van der Waals surface area contributed by atoms with Crippen LogP contribution in [0, 0.1) is 6.92 Å². The molecular weight excluding hydrogens is 264 g/mol. The highest BCUT2D eigenvalue weighted by Crippen LogP contribution is 2.13. The molecule has 0 spiro atoms. The molecule has 0 unspecified atom stereocenters. The largest absolute Gasteiger partial charge is 0.340 e. The highest BCUT2D eigenvalue weighted by Gasteiger charge is 2.18. The van der Waals surface area contributed by atoms with Crippen molar-refractivity contribution < 1.29 is 0 Å². The van der Waals surface area contributed by atoms with E-state index in [2.05, 4.69) is 33.6 Å². The Labute approximate surface area is 127 Å². The summed E-state index contributed by atoms with van der Waals surface area (Å²) in [5, 5.41) is 0. The second-order valence-corrected chi connectivity index (χ2v) is 5.83. The molecule has 1 fully saturated rings. The summed E-state index contributed by atoms with van der Waals surface area (Å²) < 4.78 is 0. The first kappa shape index (κ1) is 16.0. The van der Waals surface area contributed by atoms with E-state index in [0.717, 1.165) is 62.8 Å². The standard InChI is InChI=1S/C16H28N4O/c1-4-6-7-8-14-13(3)17-16(18-15(14)21)20-11-9-19(5-2)10-12-20/h4-12H2,1-3H3,(H,17,18,21). The first-order valence-corrected chi connectivity index (χ1v) is 8.22. The van der Waals surface area contributed by atoms with Crippen LogP contribution < -0.4 is 10.5 Å². The van der Waals surface area contributed by atoms with E-state index >= 15 is 0 Å². The predicted molar refractivity (Wildman–Crippen MR) is 87.2 cm³/mol. The van der Waals surface area contributed by atoms with Crippen molar-refractivity contribution >= 4 is 5.95 Å². The molecule has 2 rings (SSSR count). The Balaban J connectivity index is 2.07. The van der Waals surface area contributed by atoms with Gasteiger partial charge < -0.3 is 9.80 Å². The zero-order valence-corrected chi connectivity index (χ0v) is 13.6. The van der Waals surface area contributed by atoms with Crippen molar-refractivity contribution in [3.8, 4) is 0 Å². The van der Waals surface area contributed by atoms with Crippen LogP contribution in [0.15, 0.2) is 4.79 Å². The number of H-pyrrole nitrogens is 1. The second kappa shape index (κ2) is 7.59. The van der Waals surface area contributed by atoms with Gasteiger partial charge in [-0.15, -0.1) is 0 Å². The predicted octanol–water partition coefficient (Wildman–Crippen LogP) is 1.95. The Morgan fingerprint density at radius 1 is 1.14 bits per heavy atom. The van der Waals surface area contributed by atoms with Crippen molar-refractivity contribution in [2.45, 2.75) is 46.5 Å². The van der Waals surface area contributed by atoms with Crippen LogP contribution in [0.5, 0.6) is 0 Å². The van der Waals surface area contributed by atoms with Gasteiger partial charge in [-0.05, 0) is 26.3 Å². The number of aromatic nitrogens is 2. The van der Waals surface area contributed by atoms with Gasteiger partial charge in [0.2, 0.25) is 5.95 Å². The summed E-state index contributed by atoms with van der Waals surface area (Å²) in [6.45, 7) is 11.4. The number of rotatable bonds is 6. The smallest absolute Gasteiger partial charge is 0.255 e. The van der Waals surface area contributed by atoms with Crippen molar-refractivity contribution in [2.75, 3.05) is 37.6 Å². The Bertz CT molecular complexity index is 503. The van der Waals surface area contributed by atoms with Crippen LogP contribution in [-0.2, 0) is 6.42 Å². The molecule has 0 saturated carbocycles. The molecule has 1 aliphatic rings. The lowest BCUT2D eigenvalue weighted by Gasteiger charge is -2.34. The maximum atomic E-state index is 12.3. The molecule has 5 nitrogen and oxygen atoms in total. The van der Waals surface area contributed by atoms with E-state index in [1.807, 2.05) is 6.92 Å².